The first kappa shape index (κ1) is 17.1. The second kappa shape index (κ2) is 7.75. The van der Waals surface area contributed by atoms with E-state index in [2.05, 4.69) is 11.6 Å². The molecule has 1 aromatic carbocycles. The summed E-state index contributed by atoms with van der Waals surface area (Å²) in [5.41, 5.74) is 7.12. The molecule has 0 saturated carbocycles. The van der Waals surface area contributed by atoms with Crippen LogP contribution in [0, 0.1) is 0 Å². The van der Waals surface area contributed by atoms with Crippen LogP contribution in [-0.2, 0) is 10.0 Å². The zero-order valence-corrected chi connectivity index (χ0v) is 13.9. The van der Waals surface area contributed by atoms with Gasteiger partial charge in [-0.05, 0) is 43.0 Å². The number of benzene rings is 1. The minimum absolute atomic E-state index is 0.253. The van der Waals surface area contributed by atoms with Gasteiger partial charge in [-0.2, -0.15) is 11.8 Å². The van der Waals surface area contributed by atoms with Crippen LogP contribution in [0.4, 0.5) is 11.4 Å². The molecule has 0 aliphatic rings. The van der Waals surface area contributed by atoms with Crippen LogP contribution in [0.25, 0.3) is 0 Å². The van der Waals surface area contributed by atoms with E-state index in [0.717, 1.165) is 25.1 Å². The van der Waals surface area contributed by atoms with Gasteiger partial charge in [-0.1, -0.05) is 0 Å². The molecular weight excluding hydrogens is 294 g/mol. The lowest BCUT2D eigenvalue weighted by Crippen LogP contribution is -2.22. The van der Waals surface area contributed by atoms with Crippen molar-refractivity contribution in [3.8, 4) is 0 Å². The second-order valence-corrected chi connectivity index (χ2v) is 7.80. The van der Waals surface area contributed by atoms with Gasteiger partial charge < -0.3 is 11.1 Å². The summed E-state index contributed by atoms with van der Waals surface area (Å²) < 4.78 is 25.3. The van der Waals surface area contributed by atoms with Gasteiger partial charge in [0.05, 0.1) is 16.3 Å². The van der Waals surface area contributed by atoms with E-state index in [1.165, 1.54) is 24.5 Å². The summed E-state index contributed by atoms with van der Waals surface area (Å²) in [6.45, 7) is 0.788. The molecule has 20 heavy (non-hydrogen) atoms. The average molecular weight is 317 g/mol. The Morgan fingerprint density at radius 1 is 1.30 bits per heavy atom. The van der Waals surface area contributed by atoms with Crippen molar-refractivity contribution in [1.82, 2.24) is 4.31 Å². The normalized spacial score (nSPS) is 11.8. The summed E-state index contributed by atoms with van der Waals surface area (Å²) in [7, 11) is -0.391. The monoisotopic (exact) mass is 317 g/mol. The van der Waals surface area contributed by atoms with Gasteiger partial charge in [0.2, 0.25) is 10.0 Å². The average Bonchev–Trinajstić information content (AvgIpc) is 2.40. The summed E-state index contributed by atoms with van der Waals surface area (Å²) in [4.78, 5) is 0.253. The number of nitrogens with one attached hydrogen (secondary N) is 1. The van der Waals surface area contributed by atoms with Crippen molar-refractivity contribution < 1.29 is 8.42 Å². The van der Waals surface area contributed by atoms with Crippen LogP contribution >= 0.6 is 11.8 Å². The highest BCUT2D eigenvalue weighted by Gasteiger charge is 2.18. The van der Waals surface area contributed by atoms with Crippen LogP contribution in [0.1, 0.15) is 12.8 Å². The van der Waals surface area contributed by atoms with Gasteiger partial charge in [-0.25, -0.2) is 12.7 Å². The molecule has 1 aromatic rings. The van der Waals surface area contributed by atoms with Crippen molar-refractivity contribution in [3.05, 3.63) is 18.2 Å². The third-order valence-electron chi connectivity index (χ3n) is 2.89. The number of nitrogens with zero attached hydrogens (tertiary/aromatic N) is 1. The molecule has 0 amide bonds. The molecule has 0 aliphatic carbocycles. The van der Waals surface area contributed by atoms with Gasteiger partial charge in [0.1, 0.15) is 0 Å². The van der Waals surface area contributed by atoms with Crippen molar-refractivity contribution in [2.45, 2.75) is 17.7 Å². The van der Waals surface area contributed by atoms with Gasteiger partial charge in [-0.3, -0.25) is 0 Å². The minimum atomic E-state index is -3.42. The van der Waals surface area contributed by atoms with Crippen molar-refractivity contribution in [3.63, 3.8) is 0 Å². The van der Waals surface area contributed by atoms with Gasteiger partial charge >= 0.3 is 0 Å². The topological polar surface area (TPSA) is 75.4 Å². The lowest BCUT2D eigenvalue weighted by Gasteiger charge is -2.14. The molecular formula is C13H23N3O2S2. The molecule has 0 heterocycles. The van der Waals surface area contributed by atoms with E-state index in [1.807, 2.05) is 11.8 Å². The van der Waals surface area contributed by atoms with Crippen molar-refractivity contribution in [1.29, 1.82) is 0 Å². The predicted molar refractivity (Wildman–Crippen MR) is 87.8 cm³/mol. The van der Waals surface area contributed by atoms with E-state index < -0.39 is 10.0 Å². The van der Waals surface area contributed by atoms with E-state index in [1.54, 1.807) is 12.1 Å². The Kier molecular flexibility index (Phi) is 6.64. The Bertz CT molecular complexity index is 530. The van der Waals surface area contributed by atoms with Gasteiger partial charge in [-0.15, -0.1) is 0 Å². The van der Waals surface area contributed by atoms with Crippen LogP contribution in [0.5, 0.6) is 0 Å². The smallest absolute Gasteiger partial charge is 0.242 e. The lowest BCUT2D eigenvalue weighted by molar-refractivity contribution is 0.521. The molecule has 0 saturated heterocycles. The number of nitrogens with two attached hydrogens (primary N) is 1. The number of rotatable bonds is 8. The molecule has 7 heteroatoms. The van der Waals surface area contributed by atoms with E-state index >= 15 is 0 Å². The Morgan fingerprint density at radius 3 is 2.60 bits per heavy atom. The molecule has 5 nitrogen and oxygen atoms in total. The molecule has 0 radical (unpaired) electrons. The molecule has 0 aromatic heterocycles. The minimum Gasteiger partial charge on any atom is -0.397 e. The standard InChI is InChI=1S/C13H23N3O2S2/c1-16(2)20(17,18)11-6-7-12(14)13(10-11)15-8-4-5-9-19-3/h6-7,10,15H,4-5,8-9,14H2,1-3H3. The van der Waals surface area contributed by atoms with Crippen LogP contribution in [0.3, 0.4) is 0 Å². The Balaban J connectivity index is 2.77. The van der Waals surface area contributed by atoms with E-state index in [-0.39, 0.29) is 4.90 Å². The predicted octanol–water partition coefficient (Wildman–Crippen LogP) is 2.07. The highest BCUT2D eigenvalue weighted by Crippen LogP contribution is 2.24. The quantitative estimate of drug-likeness (QED) is 0.567. The maximum atomic E-state index is 12.1. The van der Waals surface area contributed by atoms with E-state index in [0.29, 0.717) is 11.4 Å². The second-order valence-electron chi connectivity index (χ2n) is 4.66. The molecule has 0 unspecified atom stereocenters. The summed E-state index contributed by atoms with van der Waals surface area (Å²) in [5.74, 6) is 1.13. The van der Waals surface area contributed by atoms with Crippen LogP contribution in [0.2, 0.25) is 0 Å². The maximum Gasteiger partial charge on any atom is 0.242 e. The Morgan fingerprint density at radius 2 is 2.00 bits per heavy atom. The zero-order chi connectivity index (χ0) is 15.2. The number of nitrogen functional groups attached to an aromatic ring is 1. The van der Waals surface area contributed by atoms with Crippen molar-refractivity contribution in [2.75, 3.05) is 43.7 Å². The van der Waals surface area contributed by atoms with Crippen molar-refractivity contribution in [2.24, 2.45) is 0 Å². The molecule has 0 atom stereocenters. The lowest BCUT2D eigenvalue weighted by atomic mass is 10.2. The zero-order valence-electron chi connectivity index (χ0n) is 12.2. The molecule has 0 bridgehead atoms. The maximum absolute atomic E-state index is 12.1. The number of sulfonamides is 1. The van der Waals surface area contributed by atoms with Gasteiger partial charge in [0, 0.05) is 20.6 Å². The summed E-state index contributed by atoms with van der Waals surface area (Å²) in [5, 5.41) is 3.21. The number of hydrogen-bond acceptors (Lipinski definition) is 5. The number of unbranched alkanes of at least 4 members (excludes halogenated alkanes) is 1. The summed E-state index contributed by atoms with van der Waals surface area (Å²) in [6, 6.07) is 4.75. The van der Waals surface area contributed by atoms with E-state index in [9.17, 15) is 8.42 Å². The highest BCUT2D eigenvalue weighted by atomic mass is 32.2. The van der Waals surface area contributed by atoms with Crippen LogP contribution < -0.4 is 11.1 Å². The fraction of sp³-hybridized carbons (Fsp3) is 0.538. The molecule has 0 aliphatic heterocycles. The Hall–Kier alpha value is -0.920. The first-order valence-electron chi connectivity index (χ1n) is 6.44. The Labute approximate surface area is 126 Å². The van der Waals surface area contributed by atoms with Gasteiger partial charge in [0.15, 0.2) is 0 Å². The fourth-order valence-corrected chi connectivity index (χ4v) is 3.08. The third kappa shape index (κ3) is 4.57. The van der Waals surface area contributed by atoms with Crippen molar-refractivity contribution >= 4 is 33.2 Å². The first-order valence-corrected chi connectivity index (χ1v) is 9.28. The molecule has 1 rings (SSSR count). The van der Waals surface area contributed by atoms with Crippen LogP contribution in [-0.4, -0.2) is 45.4 Å². The van der Waals surface area contributed by atoms with Gasteiger partial charge in [0.25, 0.3) is 0 Å². The number of hydrogen-bond donors (Lipinski definition) is 2. The SMILES string of the molecule is CSCCCCNc1cc(S(=O)(=O)N(C)C)ccc1N. The van der Waals surface area contributed by atoms with E-state index in [4.69, 9.17) is 5.73 Å². The molecule has 0 spiro atoms. The van der Waals surface area contributed by atoms with Crippen LogP contribution in [0.15, 0.2) is 23.1 Å². The number of thioether (sulfide) groups is 1. The largest absolute Gasteiger partial charge is 0.397 e. The molecule has 0 fully saturated rings. The summed E-state index contributed by atoms with van der Waals surface area (Å²) in [6.07, 6.45) is 4.25. The first-order chi connectivity index (χ1) is 9.39. The highest BCUT2D eigenvalue weighted by molar-refractivity contribution is 7.98. The fourth-order valence-electron chi connectivity index (χ4n) is 1.65. The third-order valence-corrected chi connectivity index (χ3v) is 5.40. The summed E-state index contributed by atoms with van der Waals surface area (Å²) >= 11 is 1.82. The number of anilines is 2. The molecule has 3 N–H and O–H groups in total. The molecule has 114 valence electrons.